The Labute approximate surface area is 179 Å². The number of nitro benzene ring substituents is 1. The molecule has 2 N–H and O–H groups in total. The molecule has 2 aliphatic heterocycles. The number of carbonyl (C=O) groups excluding carboxylic acids is 3. The first kappa shape index (κ1) is 22.2. The van der Waals surface area contributed by atoms with Crippen LogP contribution in [0.5, 0.6) is 0 Å². The summed E-state index contributed by atoms with van der Waals surface area (Å²) in [7, 11) is 1.52. The van der Waals surface area contributed by atoms with Crippen molar-refractivity contribution in [3.63, 3.8) is 0 Å². The van der Waals surface area contributed by atoms with Crippen LogP contribution in [0.3, 0.4) is 0 Å². The van der Waals surface area contributed by atoms with Crippen LogP contribution in [-0.4, -0.2) is 72.0 Å². The van der Waals surface area contributed by atoms with Gasteiger partial charge in [0.15, 0.2) is 0 Å². The van der Waals surface area contributed by atoms with Gasteiger partial charge < -0.3 is 20.3 Å². The number of amides is 4. The van der Waals surface area contributed by atoms with E-state index >= 15 is 0 Å². The molecule has 31 heavy (non-hydrogen) atoms. The minimum Gasteiger partial charge on any atom is -0.383 e. The molecule has 166 valence electrons. The first-order valence-electron chi connectivity index (χ1n) is 9.93. The fraction of sp³-hybridized carbons (Fsp3) is 0.450. The van der Waals surface area contributed by atoms with Crippen molar-refractivity contribution in [2.75, 3.05) is 33.4 Å². The predicted molar refractivity (Wildman–Crippen MR) is 110 cm³/mol. The molecule has 0 saturated carbocycles. The number of hydrogen-bond donors (Lipinski definition) is 2. The van der Waals surface area contributed by atoms with Crippen molar-refractivity contribution in [3.05, 3.63) is 51.2 Å². The lowest BCUT2D eigenvalue weighted by Crippen LogP contribution is -2.47. The Morgan fingerprint density at radius 3 is 2.81 bits per heavy atom. The normalized spacial score (nSPS) is 19.3. The van der Waals surface area contributed by atoms with E-state index in [2.05, 4.69) is 10.6 Å². The van der Waals surface area contributed by atoms with Crippen LogP contribution < -0.4 is 10.6 Å². The molecule has 0 spiro atoms. The van der Waals surface area contributed by atoms with E-state index in [0.29, 0.717) is 36.5 Å². The van der Waals surface area contributed by atoms with Crippen molar-refractivity contribution >= 4 is 23.5 Å². The molecule has 1 aromatic carbocycles. The molecule has 0 radical (unpaired) electrons. The molecule has 0 unspecified atom stereocenters. The van der Waals surface area contributed by atoms with Crippen LogP contribution in [0.1, 0.15) is 25.5 Å². The molecule has 11 nitrogen and oxygen atoms in total. The summed E-state index contributed by atoms with van der Waals surface area (Å²) in [6.07, 6.45) is 0. The van der Waals surface area contributed by atoms with Gasteiger partial charge in [0, 0.05) is 32.3 Å². The molecule has 0 aliphatic carbocycles. The Balaban J connectivity index is 1.93. The topological polar surface area (TPSA) is 134 Å². The fourth-order valence-electron chi connectivity index (χ4n) is 3.79. The molecule has 2 atom stereocenters. The molecule has 2 heterocycles. The van der Waals surface area contributed by atoms with Crippen molar-refractivity contribution in [1.29, 1.82) is 0 Å². The van der Waals surface area contributed by atoms with Crippen molar-refractivity contribution in [2.24, 2.45) is 0 Å². The van der Waals surface area contributed by atoms with Crippen LogP contribution in [0, 0.1) is 10.1 Å². The quantitative estimate of drug-likeness (QED) is 0.357. The molecule has 2 aliphatic rings. The number of carbonyl (C=O) groups is 3. The summed E-state index contributed by atoms with van der Waals surface area (Å²) in [6.45, 7) is 4.49. The third-order valence-electron chi connectivity index (χ3n) is 5.43. The Morgan fingerprint density at radius 2 is 2.16 bits per heavy atom. The maximum absolute atomic E-state index is 13.3. The number of rotatable bonds is 8. The SMILES string of the molecule is CCN1C(=O)N[C@@H](c2cccc([N+](=O)[O-])c2)C2=C1CN([C@H](C)C(=O)NCCOC)C2=O. The Bertz CT molecular complexity index is 946. The summed E-state index contributed by atoms with van der Waals surface area (Å²) in [6, 6.07) is 3.81. The lowest BCUT2D eigenvalue weighted by molar-refractivity contribution is -0.384. The number of ether oxygens (including phenoxy) is 1. The zero-order chi connectivity index (χ0) is 22.7. The minimum atomic E-state index is -0.841. The third-order valence-corrected chi connectivity index (χ3v) is 5.43. The van der Waals surface area contributed by atoms with Crippen LogP contribution in [-0.2, 0) is 14.3 Å². The van der Waals surface area contributed by atoms with Gasteiger partial charge in [0.1, 0.15) is 6.04 Å². The van der Waals surface area contributed by atoms with Gasteiger partial charge in [-0.1, -0.05) is 12.1 Å². The van der Waals surface area contributed by atoms with Gasteiger partial charge in [-0.3, -0.25) is 24.6 Å². The van der Waals surface area contributed by atoms with E-state index in [9.17, 15) is 24.5 Å². The van der Waals surface area contributed by atoms with Crippen molar-refractivity contribution in [2.45, 2.75) is 25.9 Å². The fourth-order valence-corrected chi connectivity index (χ4v) is 3.79. The van der Waals surface area contributed by atoms with E-state index in [1.165, 1.54) is 35.1 Å². The lowest BCUT2D eigenvalue weighted by Gasteiger charge is -2.32. The number of urea groups is 1. The average Bonchev–Trinajstić information content (AvgIpc) is 3.09. The second-order valence-corrected chi connectivity index (χ2v) is 7.23. The van der Waals surface area contributed by atoms with Crippen molar-refractivity contribution < 1.29 is 24.0 Å². The smallest absolute Gasteiger partial charge is 0.322 e. The van der Waals surface area contributed by atoms with Gasteiger partial charge in [-0.25, -0.2) is 4.79 Å². The van der Waals surface area contributed by atoms with Gasteiger partial charge in [-0.05, 0) is 19.4 Å². The van der Waals surface area contributed by atoms with E-state index in [1.54, 1.807) is 19.9 Å². The average molecular weight is 431 g/mol. The van der Waals surface area contributed by atoms with Crippen LogP contribution >= 0.6 is 0 Å². The van der Waals surface area contributed by atoms with Crippen LogP contribution in [0.15, 0.2) is 35.5 Å². The molecule has 0 fully saturated rings. The highest BCUT2D eigenvalue weighted by Crippen LogP contribution is 2.37. The summed E-state index contributed by atoms with van der Waals surface area (Å²) in [5.74, 6) is -0.723. The summed E-state index contributed by atoms with van der Waals surface area (Å²) >= 11 is 0. The molecule has 0 bridgehead atoms. The van der Waals surface area contributed by atoms with Crippen LogP contribution in [0.2, 0.25) is 0 Å². The maximum Gasteiger partial charge on any atom is 0.322 e. The molecule has 0 saturated heterocycles. The minimum absolute atomic E-state index is 0.0969. The van der Waals surface area contributed by atoms with Gasteiger partial charge in [-0.15, -0.1) is 0 Å². The largest absolute Gasteiger partial charge is 0.383 e. The van der Waals surface area contributed by atoms with Crippen molar-refractivity contribution in [3.8, 4) is 0 Å². The summed E-state index contributed by atoms with van der Waals surface area (Å²) in [4.78, 5) is 52.0. The number of non-ortho nitro benzene ring substituents is 1. The van der Waals surface area contributed by atoms with E-state index in [-0.39, 0.29) is 24.0 Å². The number of methoxy groups -OCH3 is 1. The molecule has 11 heteroatoms. The first-order valence-corrected chi connectivity index (χ1v) is 9.93. The van der Waals surface area contributed by atoms with E-state index < -0.39 is 23.0 Å². The lowest BCUT2D eigenvalue weighted by atomic mass is 9.95. The molecule has 3 rings (SSSR count). The van der Waals surface area contributed by atoms with Gasteiger partial charge in [-0.2, -0.15) is 0 Å². The van der Waals surface area contributed by atoms with Gasteiger partial charge in [0.05, 0.1) is 35.4 Å². The highest BCUT2D eigenvalue weighted by atomic mass is 16.6. The van der Waals surface area contributed by atoms with E-state index in [4.69, 9.17) is 4.74 Å². The van der Waals surface area contributed by atoms with Crippen LogP contribution in [0.4, 0.5) is 10.5 Å². The molecule has 1 aromatic rings. The Morgan fingerprint density at radius 1 is 1.42 bits per heavy atom. The number of nitro groups is 1. The summed E-state index contributed by atoms with van der Waals surface area (Å²) < 4.78 is 4.92. The predicted octanol–water partition coefficient (Wildman–Crippen LogP) is 0.928. The highest BCUT2D eigenvalue weighted by Gasteiger charge is 2.46. The Kier molecular flexibility index (Phi) is 6.54. The number of nitrogens with one attached hydrogen (secondary N) is 2. The van der Waals surface area contributed by atoms with Gasteiger partial charge >= 0.3 is 6.03 Å². The zero-order valence-electron chi connectivity index (χ0n) is 17.6. The van der Waals surface area contributed by atoms with E-state index in [0.717, 1.165) is 0 Å². The van der Waals surface area contributed by atoms with Crippen LogP contribution in [0.25, 0.3) is 0 Å². The second kappa shape index (κ2) is 9.13. The second-order valence-electron chi connectivity index (χ2n) is 7.23. The Hall–Kier alpha value is -3.47. The molecular formula is C20H25N5O6. The number of likely N-dealkylation sites (N-methyl/N-ethyl adjacent to an activating group) is 1. The molecular weight excluding hydrogens is 406 g/mol. The highest BCUT2D eigenvalue weighted by molar-refractivity contribution is 6.03. The standard InChI is InChI=1S/C20H25N5O6/c1-4-23-15-11-24(12(2)18(26)21-8-9-31-3)19(27)16(15)17(22-20(23)28)13-6-5-7-14(10-13)25(29)30/h5-7,10,12,17H,4,8-9,11H2,1-3H3,(H,21,26)(H,22,28)/t12-,17+/m1/s1. The monoisotopic (exact) mass is 431 g/mol. The summed E-state index contributed by atoms with van der Waals surface area (Å²) in [5.41, 5.74) is 1.11. The van der Waals surface area contributed by atoms with Crippen molar-refractivity contribution in [1.82, 2.24) is 20.4 Å². The van der Waals surface area contributed by atoms with Gasteiger partial charge in [0.25, 0.3) is 11.6 Å². The zero-order valence-corrected chi connectivity index (χ0v) is 17.6. The maximum atomic E-state index is 13.3. The van der Waals surface area contributed by atoms with Gasteiger partial charge in [0.2, 0.25) is 5.91 Å². The van der Waals surface area contributed by atoms with E-state index in [1.807, 2.05) is 0 Å². The number of nitrogens with zero attached hydrogens (tertiary/aromatic N) is 3. The molecule has 4 amide bonds. The molecule has 0 aromatic heterocycles. The third kappa shape index (κ3) is 4.22. The number of benzene rings is 1. The number of hydrogen-bond acceptors (Lipinski definition) is 6. The first-order chi connectivity index (χ1) is 14.8. The summed E-state index contributed by atoms with van der Waals surface area (Å²) in [5, 5.41) is 16.7.